The molecular weight excluding hydrogens is 474 g/mol. The molecule has 0 amide bonds. The van der Waals surface area contributed by atoms with Crippen LogP contribution in [-0.2, 0) is 11.3 Å². The first kappa shape index (κ1) is 21.9. The number of methoxy groups -OCH3 is 1. The Kier molecular flexibility index (Phi) is 8.04. The smallest absolute Gasteiger partial charge is 0.337 e. The highest BCUT2D eigenvalue weighted by Gasteiger charge is 2.18. The summed E-state index contributed by atoms with van der Waals surface area (Å²) in [5.41, 5.74) is 8.62. The van der Waals surface area contributed by atoms with Gasteiger partial charge in [-0.1, -0.05) is 12.1 Å². The third-order valence-electron chi connectivity index (χ3n) is 4.59. The van der Waals surface area contributed by atoms with Crippen molar-refractivity contribution in [1.29, 1.82) is 0 Å². The van der Waals surface area contributed by atoms with Gasteiger partial charge in [0.2, 0.25) is 0 Å². The zero-order valence-corrected chi connectivity index (χ0v) is 18.0. The molecule has 0 aromatic heterocycles. The van der Waals surface area contributed by atoms with E-state index in [9.17, 15) is 9.18 Å². The van der Waals surface area contributed by atoms with Crippen molar-refractivity contribution >= 4 is 41.6 Å². The predicted molar refractivity (Wildman–Crippen MR) is 119 cm³/mol. The van der Waals surface area contributed by atoms with Crippen LogP contribution in [0.3, 0.4) is 0 Å². The number of ether oxygens (including phenoxy) is 1. The van der Waals surface area contributed by atoms with Crippen LogP contribution in [0.2, 0.25) is 0 Å². The number of rotatable bonds is 4. The van der Waals surface area contributed by atoms with Crippen LogP contribution in [0.15, 0.2) is 53.5 Å². The van der Waals surface area contributed by atoms with Crippen LogP contribution in [0.4, 0.5) is 10.1 Å². The lowest BCUT2D eigenvalue weighted by molar-refractivity contribution is 0.0600. The van der Waals surface area contributed by atoms with Crippen molar-refractivity contribution < 1.29 is 13.9 Å². The van der Waals surface area contributed by atoms with Crippen LogP contribution < -0.4 is 10.6 Å². The standard InChI is InChI=1S/C20H23FN4O2.HI/c1-27-19(26)16-4-2-15(3-5-16)14-23-20(22)25-12-10-24(11-13-25)18-8-6-17(21)7-9-18;/h2-9H,10-14H2,1H3,(H2,22,23);1H. The highest BCUT2D eigenvalue weighted by atomic mass is 127. The molecule has 0 bridgehead atoms. The topological polar surface area (TPSA) is 71.2 Å². The van der Waals surface area contributed by atoms with Gasteiger partial charge in [0.05, 0.1) is 19.2 Å². The minimum Gasteiger partial charge on any atom is -0.465 e. The van der Waals surface area contributed by atoms with Crippen LogP contribution in [0, 0.1) is 5.82 Å². The van der Waals surface area contributed by atoms with Gasteiger partial charge in [0.25, 0.3) is 0 Å². The molecule has 0 aliphatic carbocycles. The van der Waals surface area contributed by atoms with Crippen LogP contribution in [0.5, 0.6) is 0 Å². The van der Waals surface area contributed by atoms with Gasteiger partial charge in [-0.05, 0) is 42.0 Å². The molecule has 2 aromatic carbocycles. The molecule has 0 atom stereocenters. The van der Waals surface area contributed by atoms with E-state index in [4.69, 9.17) is 5.73 Å². The first-order valence-corrected chi connectivity index (χ1v) is 8.79. The molecule has 1 saturated heterocycles. The van der Waals surface area contributed by atoms with Crippen LogP contribution >= 0.6 is 24.0 Å². The maximum absolute atomic E-state index is 13.0. The maximum atomic E-state index is 13.0. The number of piperazine rings is 1. The monoisotopic (exact) mass is 498 g/mol. The molecule has 0 spiro atoms. The quantitative estimate of drug-likeness (QED) is 0.304. The van der Waals surface area contributed by atoms with Gasteiger partial charge in [-0.25, -0.2) is 14.2 Å². The highest BCUT2D eigenvalue weighted by molar-refractivity contribution is 14.0. The summed E-state index contributed by atoms with van der Waals surface area (Å²) >= 11 is 0. The number of carbonyl (C=O) groups is 1. The molecule has 1 aliphatic heterocycles. The number of guanidine groups is 1. The van der Waals surface area contributed by atoms with Gasteiger partial charge in [0.15, 0.2) is 5.96 Å². The Morgan fingerprint density at radius 1 is 1.07 bits per heavy atom. The fourth-order valence-corrected chi connectivity index (χ4v) is 2.98. The molecule has 0 unspecified atom stereocenters. The van der Waals surface area contributed by atoms with Gasteiger partial charge in [0, 0.05) is 31.9 Å². The molecule has 150 valence electrons. The molecule has 1 heterocycles. The first-order valence-electron chi connectivity index (χ1n) is 8.79. The molecule has 1 fully saturated rings. The molecule has 6 nitrogen and oxygen atoms in total. The van der Waals surface area contributed by atoms with E-state index >= 15 is 0 Å². The molecule has 8 heteroatoms. The highest BCUT2D eigenvalue weighted by Crippen LogP contribution is 2.17. The average molecular weight is 498 g/mol. The van der Waals surface area contributed by atoms with Crippen molar-refractivity contribution in [1.82, 2.24) is 4.90 Å². The Morgan fingerprint density at radius 3 is 2.25 bits per heavy atom. The van der Waals surface area contributed by atoms with E-state index in [1.54, 1.807) is 24.3 Å². The number of hydrogen-bond acceptors (Lipinski definition) is 4. The summed E-state index contributed by atoms with van der Waals surface area (Å²) in [6, 6.07) is 13.7. The summed E-state index contributed by atoms with van der Waals surface area (Å²) in [5.74, 6) is -0.0808. The summed E-state index contributed by atoms with van der Waals surface area (Å²) in [4.78, 5) is 20.1. The summed E-state index contributed by atoms with van der Waals surface area (Å²) in [7, 11) is 1.36. The number of carbonyl (C=O) groups excluding carboxylic acids is 1. The third kappa shape index (κ3) is 5.57. The lowest BCUT2D eigenvalue weighted by atomic mass is 10.1. The largest absolute Gasteiger partial charge is 0.465 e. The van der Waals surface area contributed by atoms with Crippen molar-refractivity contribution in [3.63, 3.8) is 0 Å². The minimum absolute atomic E-state index is 0. The molecule has 1 aliphatic rings. The van der Waals surface area contributed by atoms with Gasteiger partial charge < -0.3 is 20.3 Å². The summed E-state index contributed by atoms with van der Waals surface area (Å²) < 4.78 is 17.7. The number of anilines is 1. The maximum Gasteiger partial charge on any atom is 0.337 e. The molecule has 2 aromatic rings. The Morgan fingerprint density at radius 2 is 1.68 bits per heavy atom. The third-order valence-corrected chi connectivity index (χ3v) is 4.59. The number of nitrogens with zero attached hydrogens (tertiary/aromatic N) is 3. The molecular formula is C20H24FIN4O2. The van der Waals surface area contributed by atoms with E-state index in [0.29, 0.717) is 18.1 Å². The molecule has 3 rings (SSSR count). The van der Waals surface area contributed by atoms with Crippen LogP contribution in [-0.4, -0.2) is 50.1 Å². The number of hydrogen-bond donors (Lipinski definition) is 1. The minimum atomic E-state index is -0.358. The van der Waals surface area contributed by atoms with Crippen molar-refractivity contribution in [2.45, 2.75) is 6.54 Å². The van der Waals surface area contributed by atoms with Crippen molar-refractivity contribution in [2.24, 2.45) is 10.7 Å². The SMILES string of the molecule is COC(=O)c1ccc(CN=C(N)N2CCN(c3ccc(F)cc3)CC2)cc1.I. The summed E-state index contributed by atoms with van der Waals surface area (Å²) in [6.45, 7) is 3.57. The van der Waals surface area contributed by atoms with Crippen LogP contribution in [0.1, 0.15) is 15.9 Å². The molecule has 28 heavy (non-hydrogen) atoms. The Hall–Kier alpha value is -2.36. The van der Waals surface area contributed by atoms with E-state index in [-0.39, 0.29) is 35.8 Å². The van der Waals surface area contributed by atoms with E-state index in [1.807, 2.05) is 17.0 Å². The fourth-order valence-electron chi connectivity index (χ4n) is 2.98. The van der Waals surface area contributed by atoms with E-state index in [2.05, 4.69) is 14.6 Å². The summed E-state index contributed by atoms with van der Waals surface area (Å²) in [5, 5.41) is 0. The molecule has 2 N–H and O–H groups in total. The fraction of sp³-hybridized carbons (Fsp3) is 0.300. The van der Waals surface area contributed by atoms with Crippen molar-refractivity contribution in [3.05, 3.63) is 65.5 Å². The molecule has 0 saturated carbocycles. The second kappa shape index (κ2) is 10.3. The van der Waals surface area contributed by atoms with Gasteiger partial charge in [-0.3, -0.25) is 0 Å². The van der Waals surface area contributed by atoms with Crippen molar-refractivity contribution in [2.75, 3.05) is 38.2 Å². The van der Waals surface area contributed by atoms with Gasteiger partial charge in [-0.15, -0.1) is 24.0 Å². The number of halogens is 2. The number of nitrogens with two attached hydrogens (primary N) is 1. The lowest BCUT2D eigenvalue weighted by Gasteiger charge is -2.36. The van der Waals surface area contributed by atoms with Gasteiger partial charge >= 0.3 is 5.97 Å². The normalized spacial score (nSPS) is 14.4. The summed E-state index contributed by atoms with van der Waals surface area (Å²) in [6.07, 6.45) is 0. The van der Waals surface area contributed by atoms with Gasteiger partial charge in [0.1, 0.15) is 5.82 Å². The Labute approximate surface area is 181 Å². The second-order valence-corrected chi connectivity index (χ2v) is 6.31. The predicted octanol–water partition coefficient (Wildman–Crippen LogP) is 2.87. The number of esters is 1. The van der Waals surface area contributed by atoms with E-state index in [0.717, 1.165) is 37.4 Å². The van der Waals surface area contributed by atoms with E-state index < -0.39 is 0 Å². The van der Waals surface area contributed by atoms with Gasteiger partial charge in [-0.2, -0.15) is 0 Å². The van der Waals surface area contributed by atoms with Crippen molar-refractivity contribution in [3.8, 4) is 0 Å². The van der Waals surface area contributed by atoms with Crippen LogP contribution in [0.25, 0.3) is 0 Å². The molecule has 0 radical (unpaired) electrons. The zero-order chi connectivity index (χ0) is 19.2. The lowest BCUT2D eigenvalue weighted by Crippen LogP contribution is -2.51. The Balaban J connectivity index is 0.00000280. The number of benzene rings is 2. The first-order chi connectivity index (χ1) is 13.1. The second-order valence-electron chi connectivity index (χ2n) is 6.31. The zero-order valence-electron chi connectivity index (χ0n) is 15.7. The Bertz CT molecular complexity index is 804. The average Bonchev–Trinajstić information content (AvgIpc) is 2.72. The van der Waals surface area contributed by atoms with E-state index in [1.165, 1.54) is 19.2 Å². The number of aliphatic imine (C=N–C) groups is 1.